The van der Waals surface area contributed by atoms with Gasteiger partial charge in [-0.1, -0.05) is 18.2 Å². The summed E-state index contributed by atoms with van der Waals surface area (Å²) in [6, 6.07) is 13.5. The number of carbonyl (C=O) groups is 1. The normalized spacial score (nSPS) is 15.4. The number of thioether (sulfide) groups is 1. The molecule has 0 saturated heterocycles. The minimum Gasteiger partial charge on any atom is -0.435 e. The molecule has 128 valence electrons. The monoisotopic (exact) mass is 361 g/mol. The molecule has 0 radical (unpaired) electrons. The van der Waals surface area contributed by atoms with Crippen LogP contribution in [-0.4, -0.2) is 24.7 Å². The summed E-state index contributed by atoms with van der Waals surface area (Å²) < 4.78 is 34.1. The van der Waals surface area contributed by atoms with E-state index in [0.717, 1.165) is 10.5 Å². The van der Waals surface area contributed by atoms with Crippen LogP contribution in [0.1, 0.15) is 11.1 Å². The summed E-state index contributed by atoms with van der Waals surface area (Å²) in [4.78, 5) is 17.3. The Hall–Kier alpha value is -2.67. The molecule has 25 heavy (non-hydrogen) atoms. The Bertz CT molecular complexity index is 848. The molecule has 0 unspecified atom stereocenters. The van der Waals surface area contributed by atoms with Crippen LogP contribution in [0.4, 0.5) is 8.78 Å². The summed E-state index contributed by atoms with van der Waals surface area (Å²) in [5.74, 6) is -0.572. The van der Waals surface area contributed by atoms with Gasteiger partial charge in [-0.05, 0) is 48.2 Å². The topological polar surface area (TPSA) is 47.9 Å². The first-order valence-electron chi connectivity index (χ1n) is 7.27. The Balaban J connectivity index is 1.85. The standard InChI is InChI=1S/C18H13F2NO3S/c1-25-14-7-5-11(6-8-14)9-15-17(22)24-16(21-15)12-3-2-4-13(10-12)23-18(19)20/h2-10,18H,1H3. The molecule has 0 spiro atoms. The predicted molar refractivity (Wildman–Crippen MR) is 91.9 cm³/mol. The van der Waals surface area contributed by atoms with Crippen LogP contribution in [-0.2, 0) is 9.53 Å². The van der Waals surface area contributed by atoms with Crippen LogP contribution in [0.5, 0.6) is 5.75 Å². The molecule has 0 bridgehead atoms. The van der Waals surface area contributed by atoms with Crippen LogP contribution in [0, 0.1) is 0 Å². The number of alkyl halides is 2. The van der Waals surface area contributed by atoms with E-state index in [1.54, 1.807) is 23.9 Å². The van der Waals surface area contributed by atoms with E-state index in [-0.39, 0.29) is 17.3 Å². The Morgan fingerprint density at radius 1 is 1.20 bits per heavy atom. The molecule has 0 aromatic heterocycles. The molecule has 2 aromatic carbocycles. The molecule has 1 aliphatic rings. The highest BCUT2D eigenvalue weighted by atomic mass is 32.2. The first kappa shape index (κ1) is 17.2. The lowest BCUT2D eigenvalue weighted by Gasteiger charge is -2.05. The maximum absolute atomic E-state index is 12.3. The number of nitrogens with zero attached hydrogens (tertiary/aromatic N) is 1. The fourth-order valence-electron chi connectivity index (χ4n) is 2.20. The highest BCUT2D eigenvalue weighted by Crippen LogP contribution is 2.23. The summed E-state index contributed by atoms with van der Waals surface area (Å²) in [6.07, 6.45) is 3.59. The third-order valence-electron chi connectivity index (χ3n) is 3.35. The minimum atomic E-state index is -2.93. The highest BCUT2D eigenvalue weighted by Gasteiger charge is 2.24. The predicted octanol–water partition coefficient (Wildman–Crippen LogP) is 4.35. The van der Waals surface area contributed by atoms with Gasteiger partial charge >= 0.3 is 12.6 Å². The van der Waals surface area contributed by atoms with Crippen LogP contribution in [0.3, 0.4) is 0 Å². The second-order valence-corrected chi connectivity index (χ2v) is 5.90. The maximum atomic E-state index is 12.3. The molecule has 0 saturated carbocycles. The molecule has 0 amide bonds. The Morgan fingerprint density at radius 2 is 1.96 bits per heavy atom. The fraction of sp³-hybridized carbons (Fsp3) is 0.111. The first-order chi connectivity index (χ1) is 12.0. The van der Waals surface area contributed by atoms with Crippen molar-refractivity contribution in [3.63, 3.8) is 0 Å². The molecule has 2 aromatic rings. The van der Waals surface area contributed by atoms with E-state index in [1.807, 2.05) is 30.5 Å². The van der Waals surface area contributed by atoms with Crippen LogP contribution in [0.15, 0.2) is 64.1 Å². The van der Waals surface area contributed by atoms with Gasteiger partial charge in [0.1, 0.15) is 5.75 Å². The van der Waals surface area contributed by atoms with Gasteiger partial charge in [0.15, 0.2) is 5.70 Å². The van der Waals surface area contributed by atoms with Crippen LogP contribution < -0.4 is 4.74 Å². The van der Waals surface area contributed by atoms with Gasteiger partial charge in [-0.2, -0.15) is 8.78 Å². The van der Waals surface area contributed by atoms with E-state index < -0.39 is 12.6 Å². The van der Waals surface area contributed by atoms with Gasteiger partial charge in [0, 0.05) is 10.5 Å². The second-order valence-electron chi connectivity index (χ2n) is 5.02. The fourth-order valence-corrected chi connectivity index (χ4v) is 2.60. The molecule has 0 fully saturated rings. The van der Waals surface area contributed by atoms with Gasteiger partial charge < -0.3 is 9.47 Å². The SMILES string of the molecule is CSc1ccc(C=C2N=C(c3cccc(OC(F)F)c3)OC2=O)cc1. The molecule has 3 rings (SSSR count). The van der Waals surface area contributed by atoms with Crippen molar-refractivity contribution in [1.82, 2.24) is 0 Å². The van der Waals surface area contributed by atoms with Crippen molar-refractivity contribution in [2.24, 2.45) is 4.99 Å². The molecule has 0 atom stereocenters. The first-order valence-corrected chi connectivity index (χ1v) is 8.49. The molecule has 0 N–H and O–H groups in total. The van der Waals surface area contributed by atoms with Crippen molar-refractivity contribution in [3.8, 4) is 5.75 Å². The van der Waals surface area contributed by atoms with E-state index in [1.165, 1.54) is 18.2 Å². The van der Waals surface area contributed by atoms with Gasteiger partial charge in [0.2, 0.25) is 5.90 Å². The van der Waals surface area contributed by atoms with Gasteiger partial charge in [-0.25, -0.2) is 9.79 Å². The smallest absolute Gasteiger partial charge is 0.387 e. The number of esters is 1. The van der Waals surface area contributed by atoms with E-state index >= 15 is 0 Å². The van der Waals surface area contributed by atoms with E-state index in [4.69, 9.17) is 4.74 Å². The Morgan fingerprint density at radius 3 is 2.64 bits per heavy atom. The number of hydrogen-bond donors (Lipinski definition) is 0. The van der Waals surface area contributed by atoms with Gasteiger partial charge in [0.05, 0.1) is 0 Å². The molecule has 0 aliphatic carbocycles. The average molecular weight is 361 g/mol. The van der Waals surface area contributed by atoms with Crippen LogP contribution in [0.25, 0.3) is 6.08 Å². The minimum absolute atomic E-state index is 0.0312. The maximum Gasteiger partial charge on any atom is 0.387 e. The lowest BCUT2D eigenvalue weighted by atomic mass is 10.2. The number of carbonyl (C=O) groups excluding carboxylic acids is 1. The van der Waals surface area contributed by atoms with Crippen molar-refractivity contribution >= 4 is 29.7 Å². The van der Waals surface area contributed by atoms with E-state index in [2.05, 4.69) is 9.73 Å². The summed E-state index contributed by atoms with van der Waals surface area (Å²) >= 11 is 1.62. The van der Waals surface area contributed by atoms with Gasteiger partial charge in [0.25, 0.3) is 0 Å². The summed E-state index contributed by atoms with van der Waals surface area (Å²) in [5, 5.41) is 0. The zero-order valence-corrected chi connectivity index (χ0v) is 13.9. The van der Waals surface area contributed by atoms with Gasteiger partial charge in [-0.3, -0.25) is 0 Å². The van der Waals surface area contributed by atoms with Crippen LogP contribution in [0.2, 0.25) is 0 Å². The third-order valence-corrected chi connectivity index (χ3v) is 4.09. The number of benzene rings is 2. The second kappa shape index (κ2) is 7.48. The number of aliphatic imine (C=N–C) groups is 1. The molecule has 1 heterocycles. The number of rotatable bonds is 5. The molecule has 7 heteroatoms. The number of ether oxygens (including phenoxy) is 2. The summed E-state index contributed by atoms with van der Waals surface area (Å²) in [5.41, 5.74) is 1.34. The largest absolute Gasteiger partial charge is 0.435 e. The lowest BCUT2D eigenvalue weighted by Crippen LogP contribution is -2.07. The summed E-state index contributed by atoms with van der Waals surface area (Å²) in [6.45, 7) is -2.93. The number of hydrogen-bond acceptors (Lipinski definition) is 5. The van der Waals surface area contributed by atoms with Crippen molar-refractivity contribution in [2.75, 3.05) is 6.26 Å². The Kier molecular flexibility index (Phi) is 5.14. The molecule has 4 nitrogen and oxygen atoms in total. The lowest BCUT2D eigenvalue weighted by molar-refractivity contribution is -0.129. The quantitative estimate of drug-likeness (QED) is 0.451. The average Bonchev–Trinajstić information content (AvgIpc) is 2.96. The molecular weight excluding hydrogens is 348 g/mol. The van der Waals surface area contributed by atoms with E-state index in [0.29, 0.717) is 5.56 Å². The number of cyclic esters (lactones) is 1. The van der Waals surface area contributed by atoms with Crippen molar-refractivity contribution in [2.45, 2.75) is 11.5 Å². The van der Waals surface area contributed by atoms with E-state index in [9.17, 15) is 13.6 Å². The zero-order valence-electron chi connectivity index (χ0n) is 13.1. The van der Waals surface area contributed by atoms with Crippen molar-refractivity contribution < 1.29 is 23.0 Å². The molecular formula is C18H13F2NO3S. The van der Waals surface area contributed by atoms with Crippen LogP contribution >= 0.6 is 11.8 Å². The zero-order chi connectivity index (χ0) is 17.8. The highest BCUT2D eigenvalue weighted by molar-refractivity contribution is 7.98. The summed E-state index contributed by atoms with van der Waals surface area (Å²) in [7, 11) is 0. The Labute approximate surface area is 147 Å². The van der Waals surface area contributed by atoms with Crippen molar-refractivity contribution in [3.05, 3.63) is 65.4 Å². The number of halogens is 2. The third kappa shape index (κ3) is 4.24. The van der Waals surface area contributed by atoms with Crippen molar-refractivity contribution in [1.29, 1.82) is 0 Å². The van der Waals surface area contributed by atoms with Gasteiger partial charge in [-0.15, -0.1) is 11.8 Å². The molecule has 1 aliphatic heterocycles.